The molecule has 2 N–H and O–H groups in total. The number of nitrogens with one attached hydrogen (secondary N) is 2. The van der Waals surface area contributed by atoms with Gasteiger partial charge in [-0.15, -0.1) is 0 Å². The van der Waals surface area contributed by atoms with Gasteiger partial charge in [0.2, 0.25) is 0 Å². The van der Waals surface area contributed by atoms with Gasteiger partial charge in [-0.05, 0) is 32.3 Å². The highest BCUT2D eigenvalue weighted by atomic mass is 16.2. The Morgan fingerprint density at radius 2 is 2.19 bits per heavy atom. The molecule has 2 aromatic rings. The van der Waals surface area contributed by atoms with E-state index in [0.29, 0.717) is 18.7 Å². The summed E-state index contributed by atoms with van der Waals surface area (Å²) in [6.07, 6.45) is 3.89. The third-order valence-corrected chi connectivity index (χ3v) is 5.10. The van der Waals surface area contributed by atoms with Crippen LogP contribution in [0.1, 0.15) is 39.9 Å². The molecule has 0 aliphatic carbocycles. The van der Waals surface area contributed by atoms with Crippen LogP contribution in [0.25, 0.3) is 0 Å². The van der Waals surface area contributed by atoms with Gasteiger partial charge < -0.3 is 19.8 Å². The summed E-state index contributed by atoms with van der Waals surface area (Å²) in [6.45, 7) is 4.98. The highest BCUT2D eigenvalue weighted by molar-refractivity contribution is 5.95. The second-order valence-electron chi connectivity index (χ2n) is 6.78. The van der Waals surface area contributed by atoms with Crippen LogP contribution in [0.2, 0.25) is 0 Å². The van der Waals surface area contributed by atoms with Crippen molar-refractivity contribution in [3.8, 4) is 0 Å². The first kappa shape index (κ1) is 17.9. The summed E-state index contributed by atoms with van der Waals surface area (Å²) >= 11 is 0. The smallest absolute Gasteiger partial charge is 0.272 e. The lowest BCUT2D eigenvalue weighted by atomic mass is 10.00. The van der Waals surface area contributed by atoms with Gasteiger partial charge in [0.15, 0.2) is 0 Å². The van der Waals surface area contributed by atoms with Crippen molar-refractivity contribution in [3.05, 3.63) is 52.0 Å². The van der Waals surface area contributed by atoms with E-state index < -0.39 is 0 Å². The van der Waals surface area contributed by atoms with Crippen molar-refractivity contribution >= 4 is 11.8 Å². The molecule has 0 aromatic carbocycles. The molecule has 8 nitrogen and oxygen atoms in total. The predicted molar refractivity (Wildman–Crippen MR) is 95.9 cm³/mol. The zero-order valence-corrected chi connectivity index (χ0v) is 15.2. The highest BCUT2D eigenvalue weighted by Crippen LogP contribution is 2.21. The maximum atomic E-state index is 12.5. The van der Waals surface area contributed by atoms with Gasteiger partial charge >= 0.3 is 0 Å². The standard InChI is InChI=1S/C18H23N5O3/c1-11(21-17(25)14-5-6-22(3)12(14)2)13-4-7-23(9-13)18(26)15-8-16(24)20-10-19-15/h5-6,8,10-11,13H,4,7,9H2,1-3H3,(H,21,25)(H,19,20,24). The number of carbonyl (C=O) groups excluding carboxylic acids is 2. The monoisotopic (exact) mass is 357 g/mol. The fourth-order valence-electron chi connectivity index (χ4n) is 3.28. The number of hydrogen-bond acceptors (Lipinski definition) is 4. The van der Waals surface area contributed by atoms with Crippen LogP contribution in [0, 0.1) is 12.8 Å². The van der Waals surface area contributed by atoms with Gasteiger partial charge in [-0.2, -0.15) is 0 Å². The largest absolute Gasteiger partial charge is 0.354 e. The number of amides is 2. The molecule has 3 rings (SSSR count). The fraction of sp³-hybridized carbons (Fsp3) is 0.444. The molecule has 26 heavy (non-hydrogen) atoms. The Bertz CT molecular complexity index is 885. The molecule has 1 saturated heterocycles. The molecule has 2 atom stereocenters. The van der Waals surface area contributed by atoms with Crippen molar-refractivity contribution in [1.82, 2.24) is 24.8 Å². The number of rotatable bonds is 4. The van der Waals surface area contributed by atoms with Gasteiger partial charge in [0.25, 0.3) is 17.4 Å². The number of nitrogens with zero attached hydrogens (tertiary/aromatic N) is 3. The van der Waals surface area contributed by atoms with Crippen molar-refractivity contribution in [2.24, 2.45) is 13.0 Å². The van der Waals surface area contributed by atoms with Gasteiger partial charge in [0, 0.05) is 44.1 Å². The molecule has 8 heteroatoms. The Kier molecular flexibility index (Phi) is 4.92. The molecule has 1 aliphatic heterocycles. The van der Waals surface area contributed by atoms with Gasteiger partial charge in [0.05, 0.1) is 11.9 Å². The van der Waals surface area contributed by atoms with Crippen LogP contribution in [-0.4, -0.2) is 50.4 Å². The highest BCUT2D eigenvalue weighted by Gasteiger charge is 2.32. The molecule has 1 aliphatic rings. The van der Waals surface area contributed by atoms with E-state index in [4.69, 9.17) is 0 Å². The zero-order valence-electron chi connectivity index (χ0n) is 15.2. The third-order valence-electron chi connectivity index (χ3n) is 5.10. The van der Waals surface area contributed by atoms with Gasteiger partial charge in [-0.1, -0.05) is 0 Å². The van der Waals surface area contributed by atoms with Crippen molar-refractivity contribution in [2.45, 2.75) is 26.3 Å². The average molecular weight is 357 g/mol. The summed E-state index contributed by atoms with van der Waals surface area (Å²) in [5.41, 5.74) is 1.38. The second-order valence-corrected chi connectivity index (χ2v) is 6.78. The van der Waals surface area contributed by atoms with Crippen molar-refractivity contribution < 1.29 is 9.59 Å². The summed E-state index contributed by atoms with van der Waals surface area (Å²) in [5, 5.41) is 3.04. The number of aromatic amines is 1. The Morgan fingerprint density at radius 1 is 1.42 bits per heavy atom. The summed E-state index contributed by atoms with van der Waals surface area (Å²) in [4.78, 5) is 44.3. The fourth-order valence-corrected chi connectivity index (χ4v) is 3.28. The molecule has 3 heterocycles. The van der Waals surface area contributed by atoms with Crippen LogP contribution in [0.5, 0.6) is 0 Å². The molecule has 2 unspecified atom stereocenters. The van der Waals surface area contributed by atoms with E-state index in [0.717, 1.165) is 12.1 Å². The summed E-state index contributed by atoms with van der Waals surface area (Å²) < 4.78 is 1.91. The number of likely N-dealkylation sites (tertiary alicyclic amines) is 1. The maximum absolute atomic E-state index is 12.5. The number of H-pyrrole nitrogens is 1. The van der Waals surface area contributed by atoms with Crippen LogP contribution in [-0.2, 0) is 7.05 Å². The molecule has 0 spiro atoms. The predicted octanol–water partition coefficient (Wildman–Crippen LogP) is 0.697. The lowest BCUT2D eigenvalue weighted by molar-refractivity contribution is 0.0778. The number of hydrogen-bond donors (Lipinski definition) is 2. The van der Waals surface area contributed by atoms with E-state index in [-0.39, 0.29) is 35.0 Å². The number of aryl methyl sites for hydroxylation is 1. The van der Waals surface area contributed by atoms with Gasteiger partial charge in [0.1, 0.15) is 5.69 Å². The topological polar surface area (TPSA) is 100 Å². The van der Waals surface area contributed by atoms with Crippen molar-refractivity contribution in [3.63, 3.8) is 0 Å². The molecule has 0 saturated carbocycles. The third kappa shape index (κ3) is 3.54. The van der Waals surface area contributed by atoms with Crippen LogP contribution < -0.4 is 10.9 Å². The Morgan fingerprint density at radius 3 is 2.85 bits per heavy atom. The molecular formula is C18H23N5O3. The Hall–Kier alpha value is -2.90. The van der Waals surface area contributed by atoms with Crippen LogP contribution in [0.3, 0.4) is 0 Å². The maximum Gasteiger partial charge on any atom is 0.272 e. The van der Waals surface area contributed by atoms with Crippen molar-refractivity contribution in [2.75, 3.05) is 13.1 Å². The number of carbonyl (C=O) groups is 2. The first-order valence-electron chi connectivity index (χ1n) is 8.63. The molecular weight excluding hydrogens is 334 g/mol. The summed E-state index contributed by atoms with van der Waals surface area (Å²) in [7, 11) is 1.90. The van der Waals surface area contributed by atoms with Gasteiger partial charge in [-0.25, -0.2) is 4.98 Å². The second kappa shape index (κ2) is 7.15. The Balaban J connectivity index is 1.61. The van der Waals surface area contributed by atoms with E-state index in [2.05, 4.69) is 15.3 Å². The lowest BCUT2D eigenvalue weighted by Crippen LogP contribution is -2.40. The number of aromatic nitrogens is 3. The Labute approximate surface area is 151 Å². The molecule has 0 bridgehead atoms. The van der Waals surface area contributed by atoms with Crippen LogP contribution >= 0.6 is 0 Å². The molecule has 2 amide bonds. The summed E-state index contributed by atoms with van der Waals surface area (Å²) in [5.74, 6) is -0.193. The van der Waals surface area contributed by atoms with E-state index in [1.54, 1.807) is 11.0 Å². The zero-order chi connectivity index (χ0) is 18.8. The van der Waals surface area contributed by atoms with Crippen LogP contribution in [0.4, 0.5) is 0 Å². The molecule has 138 valence electrons. The first-order chi connectivity index (χ1) is 12.4. The molecule has 0 radical (unpaired) electrons. The minimum Gasteiger partial charge on any atom is -0.354 e. The van der Waals surface area contributed by atoms with E-state index in [1.807, 2.05) is 31.7 Å². The summed E-state index contributed by atoms with van der Waals surface area (Å²) in [6, 6.07) is 2.95. The SMILES string of the molecule is Cc1c(C(=O)NC(C)C2CCN(C(=O)c3cc(=O)[nH]cn3)C2)ccn1C. The molecule has 2 aromatic heterocycles. The average Bonchev–Trinajstić information content (AvgIpc) is 3.22. The van der Waals surface area contributed by atoms with E-state index in [1.165, 1.54) is 12.4 Å². The first-order valence-corrected chi connectivity index (χ1v) is 8.63. The lowest BCUT2D eigenvalue weighted by Gasteiger charge is -2.21. The van der Waals surface area contributed by atoms with Gasteiger partial charge in [-0.3, -0.25) is 14.4 Å². The normalized spacial score (nSPS) is 18.0. The minimum absolute atomic E-state index is 0.0629. The molecule has 1 fully saturated rings. The quantitative estimate of drug-likeness (QED) is 0.841. The van der Waals surface area contributed by atoms with E-state index >= 15 is 0 Å². The van der Waals surface area contributed by atoms with Crippen LogP contribution in [0.15, 0.2) is 29.5 Å². The van der Waals surface area contributed by atoms with E-state index in [9.17, 15) is 14.4 Å². The van der Waals surface area contributed by atoms with Crippen molar-refractivity contribution in [1.29, 1.82) is 0 Å². The minimum atomic E-state index is -0.349.